The third-order valence-corrected chi connectivity index (χ3v) is 5.53. The summed E-state index contributed by atoms with van der Waals surface area (Å²) < 4.78 is 0. The minimum absolute atomic E-state index is 0. The summed E-state index contributed by atoms with van der Waals surface area (Å²) in [6.07, 6.45) is 3.87. The standard InChI is InChI=1S/C14H28N4S.HI/c1-4-15-13(18-8-5-6-9-18)16-11-14(17(2)3)7-10-19-12-14;/h4-12H2,1-3H3,(H,15,16);1H. The Labute approximate surface area is 145 Å². The number of thioether (sulfide) groups is 1. The van der Waals surface area contributed by atoms with E-state index >= 15 is 0 Å². The van der Waals surface area contributed by atoms with Crippen LogP contribution in [0.4, 0.5) is 0 Å². The number of hydrogen-bond acceptors (Lipinski definition) is 3. The number of nitrogens with one attached hydrogen (secondary N) is 1. The van der Waals surface area contributed by atoms with Gasteiger partial charge in [-0.15, -0.1) is 24.0 Å². The normalized spacial score (nSPS) is 27.0. The van der Waals surface area contributed by atoms with Crippen molar-refractivity contribution < 1.29 is 0 Å². The first-order valence-corrected chi connectivity index (χ1v) is 8.62. The fraction of sp³-hybridized carbons (Fsp3) is 0.929. The maximum absolute atomic E-state index is 4.95. The van der Waals surface area contributed by atoms with Crippen LogP contribution in [0, 0.1) is 0 Å². The van der Waals surface area contributed by atoms with Gasteiger partial charge in [0.05, 0.1) is 6.54 Å². The van der Waals surface area contributed by atoms with E-state index in [1.807, 2.05) is 0 Å². The van der Waals surface area contributed by atoms with Crippen molar-refractivity contribution >= 4 is 41.7 Å². The molecule has 2 saturated heterocycles. The van der Waals surface area contributed by atoms with Crippen molar-refractivity contribution in [3.8, 4) is 0 Å². The number of likely N-dealkylation sites (N-methyl/N-ethyl adjacent to an activating group) is 1. The van der Waals surface area contributed by atoms with E-state index in [1.54, 1.807) is 0 Å². The molecule has 0 aromatic rings. The third-order valence-electron chi connectivity index (χ3n) is 4.29. The summed E-state index contributed by atoms with van der Waals surface area (Å²) in [7, 11) is 4.40. The van der Waals surface area contributed by atoms with Crippen molar-refractivity contribution in [2.45, 2.75) is 31.7 Å². The smallest absolute Gasteiger partial charge is 0.193 e. The average molecular weight is 412 g/mol. The Morgan fingerprint density at radius 3 is 2.55 bits per heavy atom. The molecule has 2 aliphatic rings. The minimum Gasteiger partial charge on any atom is -0.357 e. The largest absolute Gasteiger partial charge is 0.357 e. The van der Waals surface area contributed by atoms with E-state index in [4.69, 9.17) is 4.99 Å². The molecule has 0 amide bonds. The number of guanidine groups is 1. The zero-order valence-corrected chi connectivity index (χ0v) is 16.2. The van der Waals surface area contributed by atoms with Crippen molar-refractivity contribution in [1.82, 2.24) is 15.1 Å². The van der Waals surface area contributed by atoms with Gasteiger partial charge in [-0.2, -0.15) is 11.8 Å². The Morgan fingerprint density at radius 1 is 1.35 bits per heavy atom. The Morgan fingerprint density at radius 2 is 2.05 bits per heavy atom. The molecular formula is C14H29IN4S. The van der Waals surface area contributed by atoms with Crippen molar-refractivity contribution in [3.63, 3.8) is 0 Å². The molecule has 2 fully saturated rings. The summed E-state index contributed by atoms with van der Waals surface area (Å²) in [5.74, 6) is 3.61. The maximum Gasteiger partial charge on any atom is 0.193 e. The molecule has 2 aliphatic heterocycles. The monoisotopic (exact) mass is 412 g/mol. The molecule has 20 heavy (non-hydrogen) atoms. The number of aliphatic imine (C=N–C) groups is 1. The number of rotatable bonds is 4. The number of halogens is 1. The lowest BCUT2D eigenvalue weighted by Crippen LogP contribution is -2.48. The Bertz CT molecular complexity index is 310. The van der Waals surface area contributed by atoms with E-state index in [9.17, 15) is 0 Å². The summed E-state index contributed by atoms with van der Waals surface area (Å²) in [5, 5.41) is 3.46. The number of hydrogen-bond donors (Lipinski definition) is 1. The van der Waals surface area contributed by atoms with E-state index in [1.165, 1.54) is 30.8 Å². The molecule has 1 atom stereocenters. The Kier molecular flexibility index (Phi) is 7.97. The quantitative estimate of drug-likeness (QED) is 0.435. The van der Waals surface area contributed by atoms with E-state index in [2.05, 4.69) is 47.9 Å². The molecular weight excluding hydrogens is 383 g/mol. The molecule has 2 heterocycles. The lowest BCUT2D eigenvalue weighted by molar-refractivity contribution is 0.189. The Hall–Kier alpha value is 0.310. The van der Waals surface area contributed by atoms with Gasteiger partial charge in [-0.25, -0.2) is 0 Å². The van der Waals surface area contributed by atoms with Crippen LogP contribution in [0.25, 0.3) is 0 Å². The predicted octanol–water partition coefficient (Wildman–Crippen LogP) is 2.10. The van der Waals surface area contributed by atoms with Gasteiger partial charge in [0, 0.05) is 30.9 Å². The maximum atomic E-state index is 4.95. The van der Waals surface area contributed by atoms with Crippen LogP contribution in [-0.4, -0.2) is 73.1 Å². The van der Waals surface area contributed by atoms with Gasteiger partial charge in [0.1, 0.15) is 0 Å². The van der Waals surface area contributed by atoms with Crippen LogP contribution in [0.3, 0.4) is 0 Å². The SMILES string of the molecule is CCNC(=NCC1(N(C)C)CCSC1)N1CCCC1.I. The molecule has 0 saturated carbocycles. The highest BCUT2D eigenvalue weighted by molar-refractivity contribution is 14.0. The molecule has 118 valence electrons. The average Bonchev–Trinajstić information content (AvgIpc) is 3.06. The van der Waals surface area contributed by atoms with E-state index in [0.717, 1.165) is 32.1 Å². The van der Waals surface area contributed by atoms with Gasteiger partial charge in [-0.05, 0) is 46.0 Å². The van der Waals surface area contributed by atoms with Crippen LogP contribution in [0.2, 0.25) is 0 Å². The first kappa shape index (κ1) is 18.4. The van der Waals surface area contributed by atoms with Crippen LogP contribution in [0.5, 0.6) is 0 Å². The molecule has 6 heteroatoms. The molecule has 0 aliphatic carbocycles. The van der Waals surface area contributed by atoms with Crippen LogP contribution >= 0.6 is 35.7 Å². The second kappa shape index (κ2) is 8.68. The summed E-state index contributed by atoms with van der Waals surface area (Å²) in [6.45, 7) is 6.36. The van der Waals surface area contributed by atoms with Gasteiger partial charge in [-0.1, -0.05) is 0 Å². The molecule has 0 aromatic carbocycles. The second-order valence-corrected chi connectivity index (χ2v) is 6.89. The molecule has 0 spiro atoms. The summed E-state index contributed by atoms with van der Waals surface area (Å²) >= 11 is 2.06. The van der Waals surface area contributed by atoms with E-state index in [-0.39, 0.29) is 29.5 Å². The molecule has 0 aromatic heterocycles. The highest BCUT2D eigenvalue weighted by Crippen LogP contribution is 2.32. The summed E-state index contributed by atoms with van der Waals surface area (Å²) in [5.41, 5.74) is 0.269. The first-order valence-electron chi connectivity index (χ1n) is 7.46. The van der Waals surface area contributed by atoms with Crippen LogP contribution in [0.15, 0.2) is 4.99 Å². The van der Waals surface area contributed by atoms with Crippen molar-refractivity contribution in [1.29, 1.82) is 0 Å². The van der Waals surface area contributed by atoms with Crippen molar-refractivity contribution in [2.75, 3.05) is 51.8 Å². The van der Waals surface area contributed by atoms with E-state index in [0.29, 0.717) is 0 Å². The zero-order chi connectivity index (χ0) is 13.7. The predicted molar refractivity (Wildman–Crippen MR) is 101 cm³/mol. The summed E-state index contributed by atoms with van der Waals surface area (Å²) in [4.78, 5) is 9.74. The third kappa shape index (κ3) is 4.40. The van der Waals surface area contributed by atoms with Crippen LogP contribution in [-0.2, 0) is 0 Å². The fourth-order valence-electron chi connectivity index (χ4n) is 2.79. The van der Waals surface area contributed by atoms with Crippen LogP contribution < -0.4 is 5.32 Å². The van der Waals surface area contributed by atoms with E-state index < -0.39 is 0 Å². The second-order valence-electron chi connectivity index (χ2n) is 5.79. The molecule has 0 radical (unpaired) electrons. The fourth-order valence-corrected chi connectivity index (χ4v) is 4.33. The van der Waals surface area contributed by atoms with Gasteiger partial charge in [0.25, 0.3) is 0 Å². The molecule has 0 bridgehead atoms. The lowest BCUT2D eigenvalue weighted by Gasteiger charge is -2.34. The van der Waals surface area contributed by atoms with Gasteiger partial charge >= 0.3 is 0 Å². The molecule has 1 N–H and O–H groups in total. The molecule has 2 rings (SSSR count). The van der Waals surface area contributed by atoms with Crippen LogP contribution in [0.1, 0.15) is 26.2 Å². The first-order chi connectivity index (χ1) is 9.18. The zero-order valence-electron chi connectivity index (χ0n) is 13.0. The van der Waals surface area contributed by atoms with Crippen molar-refractivity contribution in [2.24, 2.45) is 4.99 Å². The highest BCUT2D eigenvalue weighted by Gasteiger charge is 2.36. The van der Waals surface area contributed by atoms with Gasteiger partial charge < -0.3 is 15.1 Å². The van der Waals surface area contributed by atoms with Gasteiger partial charge in [0.15, 0.2) is 5.96 Å². The minimum atomic E-state index is 0. The topological polar surface area (TPSA) is 30.9 Å². The molecule has 4 nitrogen and oxygen atoms in total. The molecule has 1 unspecified atom stereocenters. The summed E-state index contributed by atoms with van der Waals surface area (Å²) in [6, 6.07) is 0. The van der Waals surface area contributed by atoms with Crippen molar-refractivity contribution in [3.05, 3.63) is 0 Å². The number of nitrogens with zero attached hydrogens (tertiary/aromatic N) is 3. The van der Waals surface area contributed by atoms with Gasteiger partial charge in [0.2, 0.25) is 0 Å². The Balaban J connectivity index is 0.00000200. The lowest BCUT2D eigenvalue weighted by atomic mass is 9.98. The number of likely N-dealkylation sites (tertiary alicyclic amines) is 1. The highest BCUT2D eigenvalue weighted by atomic mass is 127. The van der Waals surface area contributed by atoms with Gasteiger partial charge in [-0.3, -0.25) is 4.99 Å².